The molecule has 2 heterocycles. The van der Waals surface area contributed by atoms with Crippen LogP contribution >= 0.6 is 0 Å². The van der Waals surface area contributed by atoms with Gasteiger partial charge < -0.3 is 20.5 Å². The van der Waals surface area contributed by atoms with E-state index in [9.17, 15) is 14.3 Å². The standard InChI is InChI=1S/C27H31FN4O3/c1-17-12-22(28)24(32-26(34)30-9-7-27(3)5-6-27)16-21(17)20-14-23(19-4-8-29-18(2)13-19)31-25(15-20)35-11-10-33/h4,8,12-16,33H,5-7,9-11H2,1-3H3,(H2,30,32,34). The van der Waals surface area contributed by atoms with Crippen molar-refractivity contribution >= 4 is 11.7 Å². The van der Waals surface area contributed by atoms with E-state index in [0.29, 0.717) is 29.1 Å². The third-order valence-electron chi connectivity index (χ3n) is 6.33. The van der Waals surface area contributed by atoms with Crippen LogP contribution in [0, 0.1) is 25.1 Å². The number of hydrogen-bond acceptors (Lipinski definition) is 5. The second kappa shape index (κ2) is 10.4. The normalized spacial score (nSPS) is 13.9. The molecule has 2 amide bonds. The zero-order valence-corrected chi connectivity index (χ0v) is 20.3. The van der Waals surface area contributed by atoms with Crippen LogP contribution in [0.5, 0.6) is 5.88 Å². The molecule has 0 atom stereocenters. The van der Waals surface area contributed by atoms with E-state index in [2.05, 4.69) is 27.5 Å². The Labute approximate surface area is 204 Å². The summed E-state index contributed by atoms with van der Waals surface area (Å²) in [5.74, 6) is -0.170. The van der Waals surface area contributed by atoms with Gasteiger partial charge in [-0.3, -0.25) is 4.98 Å². The van der Waals surface area contributed by atoms with Gasteiger partial charge in [0.25, 0.3) is 0 Å². The maximum atomic E-state index is 14.7. The van der Waals surface area contributed by atoms with Crippen molar-refractivity contribution in [2.75, 3.05) is 25.1 Å². The van der Waals surface area contributed by atoms with Gasteiger partial charge in [-0.1, -0.05) is 6.92 Å². The van der Waals surface area contributed by atoms with Gasteiger partial charge in [0.05, 0.1) is 18.0 Å². The van der Waals surface area contributed by atoms with Gasteiger partial charge in [0.2, 0.25) is 5.88 Å². The fourth-order valence-electron chi connectivity index (χ4n) is 3.92. The average Bonchev–Trinajstić information content (AvgIpc) is 3.56. The Morgan fingerprint density at radius 1 is 1.17 bits per heavy atom. The molecule has 8 heteroatoms. The van der Waals surface area contributed by atoms with Crippen LogP contribution in [0.25, 0.3) is 22.4 Å². The second-order valence-corrected chi connectivity index (χ2v) is 9.43. The van der Waals surface area contributed by atoms with Gasteiger partial charge >= 0.3 is 6.03 Å². The molecule has 2 aromatic heterocycles. The van der Waals surface area contributed by atoms with Crippen molar-refractivity contribution in [1.29, 1.82) is 0 Å². The fraction of sp³-hybridized carbons (Fsp3) is 0.370. The summed E-state index contributed by atoms with van der Waals surface area (Å²) in [6.45, 7) is 6.41. The number of carbonyl (C=O) groups excluding carboxylic acids is 1. The maximum absolute atomic E-state index is 14.7. The van der Waals surface area contributed by atoms with Crippen LogP contribution in [0.1, 0.15) is 37.4 Å². The lowest BCUT2D eigenvalue weighted by Crippen LogP contribution is -2.30. The largest absolute Gasteiger partial charge is 0.475 e. The van der Waals surface area contributed by atoms with Crippen molar-refractivity contribution in [2.45, 2.75) is 40.0 Å². The Bertz CT molecular complexity index is 1230. The second-order valence-electron chi connectivity index (χ2n) is 9.43. The highest BCUT2D eigenvalue weighted by atomic mass is 19.1. The summed E-state index contributed by atoms with van der Waals surface area (Å²) in [6, 6.07) is 10.00. The van der Waals surface area contributed by atoms with E-state index in [1.54, 1.807) is 18.3 Å². The first-order valence-corrected chi connectivity index (χ1v) is 11.8. The molecule has 0 bridgehead atoms. The Balaban J connectivity index is 1.63. The van der Waals surface area contributed by atoms with Gasteiger partial charge in [0, 0.05) is 30.1 Å². The molecular formula is C27H31FN4O3. The lowest BCUT2D eigenvalue weighted by Gasteiger charge is -2.15. The summed E-state index contributed by atoms with van der Waals surface area (Å²) in [7, 11) is 0. The summed E-state index contributed by atoms with van der Waals surface area (Å²) in [5, 5.41) is 14.7. The first-order valence-electron chi connectivity index (χ1n) is 11.8. The van der Waals surface area contributed by atoms with E-state index in [1.165, 1.54) is 18.9 Å². The molecule has 0 saturated heterocycles. The van der Waals surface area contributed by atoms with Crippen LogP contribution < -0.4 is 15.4 Å². The molecular weight excluding hydrogens is 447 g/mol. The van der Waals surface area contributed by atoms with Gasteiger partial charge in [-0.05, 0) is 85.5 Å². The molecule has 35 heavy (non-hydrogen) atoms. The van der Waals surface area contributed by atoms with Crippen molar-refractivity contribution in [3.8, 4) is 28.3 Å². The molecule has 7 nitrogen and oxygen atoms in total. The number of ether oxygens (including phenoxy) is 1. The number of nitrogens with one attached hydrogen (secondary N) is 2. The summed E-state index contributed by atoms with van der Waals surface area (Å²) in [4.78, 5) is 21.2. The Morgan fingerprint density at radius 2 is 1.97 bits per heavy atom. The molecule has 0 radical (unpaired) electrons. The van der Waals surface area contributed by atoms with Crippen molar-refractivity contribution in [2.24, 2.45) is 5.41 Å². The number of halogens is 1. The van der Waals surface area contributed by atoms with Gasteiger partial charge in [-0.2, -0.15) is 0 Å². The quantitative estimate of drug-likeness (QED) is 0.390. The van der Waals surface area contributed by atoms with Crippen molar-refractivity contribution in [1.82, 2.24) is 15.3 Å². The van der Waals surface area contributed by atoms with E-state index >= 15 is 0 Å². The molecule has 1 saturated carbocycles. The molecule has 1 fully saturated rings. The number of nitrogens with zero attached hydrogens (tertiary/aromatic N) is 2. The van der Waals surface area contributed by atoms with Crippen LogP contribution in [0.3, 0.4) is 0 Å². The number of aliphatic hydroxyl groups excluding tert-OH is 1. The Kier molecular flexibility index (Phi) is 7.31. The summed E-state index contributed by atoms with van der Waals surface area (Å²) in [5.41, 5.74) is 4.97. The highest BCUT2D eigenvalue weighted by Gasteiger charge is 2.36. The SMILES string of the molecule is Cc1cc(-c2cc(-c3cc(NC(=O)NCCC4(C)CC4)c(F)cc3C)cc(OCCO)n2)ccn1. The number of aliphatic hydroxyl groups is 1. The lowest BCUT2D eigenvalue weighted by molar-refractivity contribution is 0.197. The van der Waals surface area contributed by atoms with Crippen LogP contribution in [0.15, 0.2) is 42.6 Å². The molecule has 0 aliphatic heterocycles. The number of amides is 2. The number of anilines is 1. The number of aryl methyl sites for hydroxylation is 2. The minimum Gasteiger partial charge on any atom is -0.475 e. The van der Waals surface area contributed by atoms with Crippen LogP contribution in [0.4, 0.5) is 14.9 Å². The van der Waals surface area contributed by atoms with Gasteiger partial charge in [-0.15, -0.1) is 0 Å². The number of aromatic nitrogens is 2. The number of rotatable bonds is 9. The zero-order valence-electron chi connectivity index (χ0n) is 20.3. The van der Waals surface area contributed by atoms with Crippen molar-refractivity contribution < 1.29 is 19.0 Å². The molecule has 184 valence electrons. The molecule has 3 aromatic rings. The molecule has 1 aromatic carbocycles. The van der Waals surface area contributed by atoms with E-state index in [-0.39, 0.29) is 18.9 Å². The third-order valence-corrected chi connectivity index (χ3v) is 6.33. The fourth-order valence-corrected chi connectivity index (χ4v) is 3.92. The van der Waals surface area contributed by atoms with Crippen LogP contribution in [0.2, 0.25) is 0 Å². The van der Waals surface area contributed by atoms with E-state index in [0.717, 1.165) is 28.8 Å². The molecule has 0 spiro atoms. The Hall–Kier alpha value is -3.52. The average molecular weight is 479 g/mol. The number of carbonyl (C=O) groups is 1. The van der Waals surface area contributed by atoms with E-state index in [1.807, 2.05) is 32.0 Å². The number of urea groups is 1. The minimum atomic E-state index is -0.508. The minimum absolute atomic E-state index is 0.0941. The number of hydrogen-bond donors (Lipinski definition) is 3. The number of pyridine rings is 2. The smallest absolute Gasteiger partial charge is 0.319 e. The molecule has 4 rings (SSSR count). The Morgan fingerprint density at radius 3 is 2.69 bits per heavy atom. The predicted molar refractivity (Wildman–Crippen MR) is 134 cm³/mol. The van der Waals surface area contributed by atoms with Gasteiger partial charge in [0.1, 0.15) is 12.4 Å². The zero-order chi connectivity index (χ0) is 25.0. The van der Waals surface area contributed by atoms with Crippen molar-refractivity contribution in [3.05, 3.63) is 59.7 Å². The van der Waals surface area contributed by atoms with Crippen LogP contribution in [-0.4, -0.2) is 40.9 Å². The predicted octanol–water partition coefficient (Wildman–Crippen LogP) is 5.25. The number of benzene rings is 1. The van der Waals surface area contributed by atoms with Crippen LogP contribution in [-0.2, 0) is 0 Å². The first-order chi connectivity index (χ1) is 16.8. The topological polar surface area (TPSA) is 96.4 Å². The van der Waals surface area contributed by atoms with Crippen molar-refractivity contribution in [3.63, 3.8) is 0 Å². The highest BCUT2D eigenvalue weighted by Crippen LogP contribution is 2.47. The molecule has 1 aliphatic carbocycles. The highest BCUT2D eigenvalue weighted by molar-refractivity contribution is 5.90. The molecule has 1 aliphatic rings. The van der Waals surface area contributed by atoms with E-state index in [4.69, 9.17) is 4.74 Å². The summed E-state index contributed by atoms with van der Waals surface area (Å²) < 4.78 is 20.4. The molecule has 3 N–H and O–H groups in total. The van der Waals surface area contributed by atoms with Gasteiger partial charge in [-0.25, -0.2) is 14.2 Å². The first kappa shape index (κ1) is 24.6. The molecule has 0 unspecified atom stereocenters. The van der Waals surface area contributed by atoms with Gasteiger partial charge in [0.15, 0.2) is 0 Å². The summed E-state index contributed by atoms with van der Waals surface area (Å²) in [6.07, 6.45) is 4.99. The third kappa shape index (κ3) is 6.33. The lowest BCUT2D eigenvalue weighted by atomic mass is 9.98. The monoisotopic (exact) mass is 478 g/mol. The maximum Gasteiger partial charge on any atom is 0.319 e. The summed E-state index contributed by atoms with van der Waals surface area (Å²) >= 11 is 0. The van der Waals surface area contributed by atoms with E-state index < -0.39 is 11.8 Å².